The van der Waals surface area contributed by atoms with Crippen molar-refractivity contribution in [2.75, 3.05) is 0 Å². The van der Waals surface area contributed by atoms with Gasteiger partial charge in [-0.15, -0.1) is 0 Å². The molecule has 0 amide bonds. The van der Waals surface area contributed by atoms with Crippen LogP contribution in [0.3, 0.4) is 0 Å². The highest BCUT2D eigenvalue weighted by Gasteiger charge is 2.25. The summed E-state index contributed by atoms with van der Waals surface area (Å²) in [4.78, 5) is 27.2. The number of hydrogen-bond donors (Lipinski definition) is 0. The van der Waals surface area contributed by atoms with Crippen LogP contribution >= 0.6 is 70.4 Å². The third kappa shape index (κ3) is 5.75. The Balaban J connectivity index is 1.55. The molecule has 0 saturated carbocycles. The summed E-state index contributed by atoms with van der Waals surface area (Å²) >= 11 is 12.6. The normalized spacial score (nSPS) is 14.2. The second-order valence-electron chi connectivity index (χ2n) is 6.99. The van der Waals surface area contributed by atoms with Crippen LogP contribution in [-0.2, 0) is 16.1 Å². The SMILES string of the molecule is O=C1OC(c2ccc(I)c(Br)c2)=N/C1=C\c1cc(Br)c(OCc2cccc([N+](=O)[O-])c2)c(Br)c1. The number of ether oxygens (including phenoxy) is 2. The van der Waals surface area contributed by atoms with Gasteiger partial charge in [-0.2, -0.15) is 0 Å². The average Bonchev–Trinajstić information content (AvgIpc) is 3.15. The molecule has 1 aliphatic rings. The maximum absolute atomic E-state index is 12.4. The van der Waals surface area contributed by atoms with Gasteiger partial charge in [0.2, 0.25) is 5.90 Å². The number of cyclic esters (lactones) is 1. The molecule has 0 bridgehead atoms. The number of carbonyl (C=O) groups excluding carboxylic acids is 1. The van der Waals surface area contributed by atoms with Gasteiger partial charge < -0.3 is 9.47 Å². The minimum absolute atomic E-state index is 0.00201. The molecule has 11 heteroatoms. The zero-order valence-corrected chi connectivity index (χ0v) is 23.8. The minimum atomic E-state index is -0.539. The summed E-state index contributed by atoms with van der Waals surface area (Å²) in [6.07, 6.45) is 1.62. The lowest BCUT2D eigenvalue weighted by Crippen LogP contribution is -2.05. The lowest BCUT2D eigenvalue weighted by atomic mass is 10.2. The van der Waals surface area contributed by atoms with E-state index in [9.17, 15) is 14.9 Å². The van der Waals surface area contributed by atoms with Crippen molar-refractivity contribution in [3.8, 4) is 5.75 Å². The van der Waals surface area contributed by atoms with Crippen molar-refractivity contribution in [3.05, 3.63) is 104 Å². The molecule has 0 aromatic heterocycles. The molecule has 0 fully saturated rings. The molecule has 1 aliphatic heterocycles. The molecule has 3 aromatic rings. The van der Waals surface area contributed by atoms with Crippen molar-refractivity contribution in [2.24, 2.45) is 4.99 Å². The Labute approximate surface area is 232 Å². The lowest BCUT2D eigenvalue weighted by molar-refractivity contribution is -0.384. The quantitative estimate of drug-likeness (QED) is 0.0859. The molecule has 34 heavy (non-hydrogen) atoms. The Morgan fingerprint density at radius 2 is 1.79 bits per heavy atom. The molecule has 0 aliphatic carbocycles. The van der Waals surface area contributed by atoms with E-state index >= 15 is 0 Å². The summed E-state index contributed by atoms with van der Waals surface area (Å²) in [6.45, 7) is 0.144. The molecule has 1 heterocycles. The van der Waals surface area contributed by atoms with E-state index in [0.29, 0.717) is 31.4 Å². The summed E-state index contributed by atoms with van der Waals surface area (Å²) in [5.74, 6) is 0.224. The summed E-state index contributed by atoms with van der Waals surface area (Å²) in [5, 5.41) is 11.0. The fraction of sp³-hybridized carbons (Fsp3) is 0.0435. The van der Waals surface area contributed by atoms with Crippen LogP contribution in [-0.4, -0.2) is 16.8 Å². The Morgan fingerprint density at radius 1 is 1.06 bits per heavy atom. The minimum Gasteiger partial charge on any atom is -0.487 e. The van der Waals surface area contributed by atoms with Gasteiger partial charge in [0.1, 0.15) is 12.4 Å². The van der Waals surface area contributed by atoms with E-state index in [4.69, 9.17) is 9.47 Å². The van der Waals surface area contributed by atoms with Gasteiger partial charge in [-0.1, -0.05) is 12.1 Å². The van der Waals surface area contributed by atoms with Gasteiger partial charge >= 0.3 is 5.97 Å². The van der Waals surface area contributed by atoms with Crippen LogP contribution in [0.2, 0.25) is 0 Å². The van der Waals surface area contributed by atoms with Gasteiger partial charge in [-0.3, -0.25) is 10.1 Å². The zero-order valence-electron chi connectivity index (χ0n) is 16.9. The summed E-state index contributed by atoms with van der Waals surface area (Å²) < 4.78 is 14.4. The predicted molar refractivity (Wildman–Crippen MR) is 147 cm³/mol. The summed E-state index contributed by atoms with van der Waals surface area (Å²) in [6, 6.07) is 15.4. The number of benzene rings is 3. The average molecular weight is 763 g/mol. The number of nitrogens with zero attached hydrogens (tertiary/aromatic N) is 2. The molecule has 0 spiro atoms. The number of halogens is 4. The number of non-ortho nitro benzene ring substituents is 1. The Bertz CT molecular complexity index is 1370. The van der Waals surface area contributed by atoms with E-state index in [1.165, 1.54) is 12.1 Å². The molecule has 4 rings (SSSR count). The first kappa shape index (κ1) is 25.0. The van der Waals surface area contributed by atoms with Gasteiger partial charge in [-0.05, 0) is 118 Å². The zero-order chi connectivity index (χ0) is 24.4. The van der Waals surface area contributed by atoms with Crippen LogP contribution in [0.5, 0.6) is 5.75 Å². The number of carbonyl (C=O) groups is 1. The van der Waals surface area contributed by atoms with Crippen LogP contribution in [0.4, 0.5) is 5.69 Å². The van der Waals surface area contributed by atoms with Gasteiger partial charge in [0.05, 0.1) is 13.9 Å². The molecule has 0 unspecified atom stereocenters. The topological polar surface area (TPSA) is 91.0 Å². The van der Waals surface area contributed by atoms with Gasteiger partial charge in [-0.25, -0.2) is 9.79 Å². The molecule has 0 radical (unpaired) electrons. The first-order valence-corrected chi connectivity index (χ1v) is 13.0. The van der Waals surface area contributed by atoms with E-state index in [-0.39, 0.29) is 23.9 Å². The van der Waals surface area contributed by atoms with Gasteiger partial charge in [0, 0.05) is 25.7 Å². The Hall–Kier alpha value is -2.09. The molecule has 0 N–H and O–H groups in total. The first-order chi connectivity index (χ1) is 16.2. The highest BCUT2D eigenvalue weighted by Crippen LogP contribution is 2.36. The van der Waals surface area contributed by atoms with E-state index in [0.717, 1.165) is 8.04 Å². The van der Waals surface area contributed by atoms with Gasteiger partial charge in [0.25, 0.3) is 5.69 Å². The van der Waals surface area contributed by atoms with Gasteiger partial charge in [0.15, 0.2) is 5.70 Å². The molecule has 172 valence electrons. The molecule has 3 aromatic carbocycles. The van der Waals surface area contributed by atoms with Crippen LogP contribution in [0.1, 0.15) is 16.7 Å². The van der Waals surface area contributed by atoms with Crippen LogP contribution in [0.15, 0.2) is 78.7 Å². The van der Waals surface area contributed by atoms with E-state index in [1.807, 2.05) is 18.2 Å². The fourth-order valence-corrected chi connectivity index (χ4v) is 5.20. The molecule has 0 atom stereocenters. The van der Waals surface area contributed by atoms with E-state index < -0.39 is 10.9 Å². The smallest absolute Gasteiger partial charge is 0.363 e. The Morgan fingerprint density at radius 3 is 2.47 bits per heavy atom. The summed E-state index contributed by atoms with van der Waals surface area (Å²) in [7, 11) is 0. The first-order valence-electron chi connectivity index (χ1n) is 9.54. The van der Waals surface area contributed by atoms with Crippen molar-refractivity contribution in [1.82, 2.24) is 0 Å². The van der Waals surface area contributed by atoms with Crippen LogP contribution in [0, 0.1) is 13.7 Å². The predicted octanol–water partition coefficient (Wildman–Crippen LogP) is 7.41. The second-order valence-corrected chi connectivity index (χ2v) is 10.7. The number of aliphatic imine (C=N–C) groups is 1. The van der Waals surface area contributed by atoms with Crippen molar-refractivity contribution >= 4 is 94.0 Å². The van der Waals surface area contributed by atoms with Crippen LogP contribution < -0.4 is 4.74 Å². The third-order valence-electron chi connectivity index (χ3n) is 4.62. The standard InChI is InChI=1S/C23H12Br3IN2O5/c24-16-10-14(4-5-19(16)27)22-28-20(23(30)34-22)9-13-7-17(25)21(18(26)8-13)33-11-12-2-1-3-15(6-12)29(31)32/h1-10H,11H2/b20-9-. The van der Waals surface area contributed by atoms with E-state index in [1.54, 1.807) is 30.3 Å². The number of nitro benzene ring substituents is 1. The number of hydrogen-bond acceptors (Lipinski definition) is 6. The maximum Gasteiger partial charge on any atom is 0.363 e. The maximum atomic E-state index is 12.4. The van der Waals surface area contributed by atoms with E-state index in [2.05, 4.69) is 75.4 Å². The highest BCUT2D eigenvalue weighted by molar-refractivity contribution is 14.1. The largest absolute Gasteiger partial charge is 0.487 e. The summed E-state index contributed by atoms with van der Waals surface area (Å²) in [5.41, 5.74) is 2.23. The number of esters is 1. The van der Waals surface area contributed by atoms with Crippen molar-refractivity contribution < 1.29 is 19.2 Å². The van der Waals surface area contributed by atoms with Crippen molar-refractivity contribution in [1.29, 1.82) is 0 Å². The Kier molecular flexibility index (Phi) is 7.85. The third-order valence-corrected chi connectivity index (χ3v) is 8.13. The molecular formula is C23H12Br3IN2O5. The van der Waals surface area contributed by atoms with Crippen molar-refractivity contribution in [3.63, 3.8) is 0 Å². The fourth-order valence-electron chi connectivity index (χ4n) is 3.04. The molecule has 7 nitrogen and oxygen atoms in total. The lowest BCUT2D eigenvalue weighted by Gasteiger charge is -2.11. The van der Waals surface area contributed by atoms with Crippen molar-refractivity contribution in [2.45, 2.75) is 6.61 Å². The second kappa shape index (κ2) is 10.7. The number of rotatable bonds is 6. The monoisotopic (exact) mass is 760 g/mol. The highest BCUT2D eigenvalue weighted by atomic mass is 127. The number of nitro groups is 1. The van der Waals surface area contributed by atoms with Crippen LogP contribution in [0.25, 0.3) is 6.08 Å². The molecular weight excluding hydrogens is 751 g/mol. The molecule has 0 saturated heterocycles.